The van der Waals surface area contributed by atoms with Crippen molar-refractivity contribution in [3.8, 4) is 0 Å². The average molecular weight is 185 g/mol. The average Bonchev–Trinajstić information content (AvgIpc) is 2.88. The highest BCUT2D eigenvalue weighted by Gasteiger charge is 2.22. The second-order valence-electron chi connectivity index (χ2n) is 4.41. The van der Waals surface area contributed by atoms with Gasteiger partial charge >= 0.3 is 0 Å². The van der Waals surface area contributed by atoms with Crippen molar-refractivity contribution in [2.24, 2.45) is 5.92 Å². The largest absolute Gasteiger partial charge is 0.393 e. The summed E-state index contributed by atoms with van der Waals surface area (Å²) >= 11 is 0. The molecule has 2 heteroatoms. The second kappa shape index (κ2) is 5.61. The molecule has 1 atom stereocenters. The molecule has 0 heterocycles. The van der Waals surface area contributed by atoms with Crippen LogP contribution in [0.4, 0.5) is 0 Å². The molecule has 0 spiro atoms. The molecule has 0 radical (unpaired) electrons. The van der Waals surface area contributed by atoms with E-state index in [0.29, 0.717) is 0 Å². The normalized spacial score (nSPS) is 19.4. The van der Waals surface area contributed by atoms with E-state index < -0.39 is 0 Å². The van der Waals surface area contributed by atoms with Crippen molar-refractivity contribution < 1.29 is 5.11 Å². The lowest BCUT2D eigenvalue weighted by Crippen LogP contribution is -2.23. The van der Waals surface area contributed by atoms with Gasteiger partial charge in [-0.15, -0.1) is 0 Å². The molecule has 1 unspecified atom stereocenters. The van der Waals surface area contributed by atoms with Gasteiger partial charge in [0.1, 0.15) is 0 Å². The Hall–Kier alpha value is -0.0800. The Kier molecular flexibility index (Phi) is 4.74. The SMILES string of the molecule is CCC(O)CCCN(C)CC1CC1. The molecule has 1 aliphatic carbocycles. The number of hydrogen-bond donors (Lipinski definition) is 1. The highest BCUT2D eigenvalue weighted by Crippen LogP contribution is 2.29. The lowest BCUT2D eigenvalue weighted by Gasteiger charge is -2.16. The zero-order chi connectivity index (χ0) is 9.68. The molecule has 0 aromatic carbocycles. The summed E-state index contributed by atoms with van der Waals surface area (Å²) < 4.78 is 0. The predicted molar refractivity (Wildman–Crippen MR) is 55.8 cm³/mol. The van der Waals surface area contributed by atoms with Crippen LogP contribution in [0.15, 0.2) is 0 Å². The minimum Gasteiger partial charge on any atom is -0.393 e. The molecular formula is C11H23NO. The Morgan fingerprint density at radius 3 is 2.69 bits per heavy atom. The second-order valence-corrected chi connectivity index (χ2v) is 4.41. The summed E-state index contributed by atoms with van der Waals surface area (Å²) in [5.74, 6) is 0.987. The molecule has 0 aliphatic heterocycles. The van der Waals surface area contributed by atoms with Crippen LogP contribution in [-0.4, -0.2) is 36.2 Å². The standard InChI is InChI=1S/C11H23NO/c1-3-11(13)5-4-8-12(2)9-10-6-7-10/h10-11,13H,3-9H2,1-2H3. The summed E-state index contributed by atoms with van der Waals surface area (Å²) in [7, 11) is 2.19. The van der Waals surface area contributed by atoms with Crippen LogP contribution in [0.3, 0.4) is 0 Å². The maximum Gasteiger partial charge on any atom is 0.0538 e. The van der Waals surface area contributed by atoms with Gasteiger partial charge in [-0.25, -0.2) is 0 Å². The van der Waals surface area contributed by atoms with E-state index in [1.807, 2.05) is 6.92 Å². The fourth-order valence-electron chi connectivity index (χ4n) is 1.63. The van der Waals surface area contributed by atoms with Crippen LogP contribution in [0.25, 0.3) is 0 Å². The number of hydrogen-bond acceptors (Lipinski definition) is 2. The summed E-state index contributed by atoms with van der Waals surface area (Å²) in [6, 6.07) is 0. The smallest absolute Gasteiger partial charge is 0.0538 e. The Morgan fingerprint density at radius 2 is 2.15 bits per heavy atom. The Bertz CT molecular complexity index is 134. The molecule has 78 valence electrons. The Labute approximate surface area is 81.9 Å². The number of nitrogens with zero attached hydrogens (tertiary/aromatic N) is 1. The molecule has 2 nitrogen and oxygen atoms in total. The van der Waals surface area contributed by atoms with Crippen molar-refractivity contribution in [2.45, 2.75) is 45.1 Å². The van der Waals surface area contributed by atoms with Crippen LogP contribution in [-0.2, 0) is 0 Å². The van der Waals surface area contributed by atoms with Gasteiger partial charge in [-0.1, -0.05) is 6.92 Å². The number of aliphatic hydroxyl groups excluding tert-OH is 1. The van der Waals surface area contributed by atoms with Gasteiger partial charge in [0.15, 0.2) is 0 Å². The fraction of sp³-hybridized carbons (Fsp3) is 1.00. The molecule has 1 fully saturated rings. The van der Waals surface area contributed by atoms with E-state index in [2.05, 4.69) is 11.9 Å². The molecule has 1 rings (SSSR count). The van der Waals surface area contributed by atoms with Gasteiger partial charge in [0.2, 0.25) is 0 Å². The highest BCUT2D eigenvalue weighted by molar-refractivity contribution is 4.75. The van der Waals surface area contributed by atoms with Crippen LogP contribution in [0.5, 0.6) is 0 Å². The van der Waals surface area contributed by atoms with Gasteiger partial charge in [0.25, 0.3) is 0 Å². The Morgan fingerprint density at radius 1 is 1.46 bits per heavy atom. The first-order valence-electron chi connectivity index (χ1n) is 5.59. The van der Waals surface area contributed by atoms with Crippen molar-refractivity contribution in [2.75, 3.05) is 20.1 Å². The van der Waals surface area contributed by atoms with Crippen LogP contribution in [0.1, 0.15) is 39.0 Å². The van der Waals surface area contributed by atoms with Crippen molar-refractivity contribution >= 4 is 0 Å². The molecular weight excluding hydrogens is 162 g/mol. The van der Waals surface area contributed by atoms with E-state index in [9.17, 15) is 5.11 Å². The topological polar surface area (TPSA) is 23.5 Å². The third-order valence-corrected chi connectivity index (χ3v) is 2.82. The van der Waals surface area contributed by atoms with Crippen molar-refractivity contribution in [1.29, 1.82) is 0 Å². The molecule has 1 N–H and O–H groups in total. The van der Waals surface area contributed by atoms with E-state index in [1.165, 1.54) is 19.4 Å². The van der Waals surface area contributed by atoms with Gasteiger partial charge in [0, 0.05) is 6.54 Å². The van der Waals surface area contributed by atoms with E-state index in [0.717, 1.165) is 31.7 Å². The quantitative estimate of drug-likeness (QED) is 0.654. The summed E-state index contributed by atoms with van der Waals surface area (Å²) in [4.78, 5) is 2.40. The molecule has 1 aliphatic rings. The van der Waals surface area contributed by atoms with E-state index in [4.69, 9.17) is 0 Å². The maximum atomic E-state index is 9.35. The maximum absolute atomic E-state index is 9.35. The monoisotopic (exact) mass is 185 g/mol. The van der Waals surface area contributed by atoms with Gasteiger partial charge < -0.3 is 10.0 Å². The van der Waals surface area contributed by atoms with Crippen molar-refractivity contribution in [3.63, 3.8) is 0 Å². The van der Waals surface area contributed by atoms with Crippen LogP contribution < -0.4 is 0 Å². The lowest BCUT2D eigenvalue weighted by molar-refractivity contribution is 0.151. The van der Waals surface area contributed by atoms with Crippen LogP contribution in [0, 0.1) is 5.92 Å². The van der Waals surface area contributed by atoms with Crippen LogP contribution >= 0.6 is 0 Å². The van der Waals surface area contributed by atoms with Crippen molar-refractivity contribution in [3.05, 3.63) is 0 Å². The molecule has 0 saturated heterocycles. The summed E-state index contributed by atoms with van der Waals surface area (Å²) in [5.41, 5.74) is 0. The minimum absolute atomic E-state index is 0.0747. The number of rotatable bonds is 7. The van der Waals surface area contributed by atoms with E-state index in [1.54, 1.807) is 0 Å². The molecule has 0 aromatic heterocycles. The summed E-state index contributed by atoms with van der Waals surface area (Å²) in [5, 5.41) is 9.35. The summed E-state index contributed by atoms with van der Waals surface area (Å²) in [6.45, 7) is 4.45. The molecule has 0 bridgehead atoms. The summed E-state index contributed by atoms with van der Waals surface area (Å²) in [6.07, 6.45) is 5.79. The van der Waals surface area contributed by atoms with E-state index >= 15 is 0 Å². The van der Waals surface area contributed by atoms with Gasteiger partial charge in [-0.05, 0) is 51.6 Å². The Balaban J connectivity index is 1.91. The number of aliphatic hydroxyl groups is 1. The minimum atomic E-state index is -0.0747. The zero-order valence-corrected chi connectivity index (χ0v) is 9.00. The van der Waals surface area contributed by atoms with Gasteiger partial charge in [0.05, 0.1) is 6.10 Å². The lowest BCUT2D eigenvalue weighted by atomic mass is 10.1. The first-order valence-corrected chi connectivity index (χ1v) is 5.59. The van der Waals surface area contributed by atoms with Crippen LogP contribution in [0.2, 0.25) is 0 Å². The fourth-order valence-corrected chi connectivity index (χ4v) is 1.63. The van der Waals surface area contributed by atoms with Gasteiger partial charge in [-0.3, -0.25) is 0 Å². The third-order valence-electron chi connectivity index (χ3n) is 2.82. The molecule has 0 amide bonds. The zero-order valence-electron chi connectivity index (χ0n) is 9.00. The van der Waals surface area contributed by atoms with E-state index in [-0.39, 0.29) is 6.10 Å². The highest BCUT2D eigenvalue weighted by atomic mass is 16.3. The molecule has 13 heavy (non-hydrogen) atoms. The first kappa shape index (κ1) is 11.0. The first-order chi connectivity index (χ1) is 6.22. The third kappa shape index (κ3) is 5.27. The van der Waals surface area contributed by atoms with Crippen molar-refractivity contribution in [1.82, 2.24) is 4.90 Å². The van der Waals surface area contributed by atoms with Gasteiger partial charge in [-0.2, -0.15) is 0 Å². The molecule has 1 saturated carbocycles. The predicted octanol–water partition coefficient (Wildman–Crippen LogP) is 1.88. The molecule has 0 aromatic rings.